The Balaban J connectivity index is 1.78. The molecule has 21 heavy (non-hydrogen) atoms. The molecule has 0 bridgehead atoms. The summed E-state index contributed by atoms with van der Waals surface area (Å²) in [5.74, 6) is -0.162. The van der Waals surface area contributed by atoms with Gasteiger partial charge in [-0.05, 0) is 34.1 Å². The van der Waals surface area contributed by atoms with Gasteiger partial charge in [-0.15, -0.1) is 22.7 Å². The van der Waals surface area contributed by atoms with Gasteiger partial charge in [0.05, 0.1) is 15.0 Å². The number of carbonyl (C=O) groups excluding carboxylic acids is 1. The first-order chi connectivity index (χ1) is 10.1. The highest BCUT2D eigenvalue weighted by Crippen LogP contribution is 2.27. The van der Waals surface area contributed by atoms with Gasteiger partial charge in [0.25, 0.3) is 5.91 Å². The monoisotopic (exact) mass is 379 g/mol. The second-order valence-electron chi connectivity index (χ2n) is 4.26. The maximum absolute atomic E-state index is 12.0. The van der Waals surface area contributed by atoms with Crippen LogP contribution < -0.4 is 11.1 Å². The fraction of sp³-hybridized carbons (Fsp3) is 0. The zero-order valence-corrected chi connectivity index (χ0v) is 13.9. The van der Waals surface area contributed by atoms with Gasteiger partial charge in [0.1, 0.15) is 0 Å². The van der Waals surface area contributed by atoms with Gasteiger partial charge in [-0.1, -0.05) is 12.1 Å². The van der Waals surface area contributed by atoms with Crippen molar-refractivity contribution >= 4 is 55.3 Å². The summed E-state index contributed by atoms with van der Waals surface area (Å²) in [4.78, 5) is 16.5. The van der Waals surface area contributed by atoms with Crippen molar-refractivity contribution in [1.29, 1.82) is 0 Å². The summed E-state index contributed by atoms with van der Waals surface area (Å²) in [5, 5.41) is 7.06. The Morgan fingerprint density at radius 1 is 1.24 bits per heavy atom. The van der Waals surface area contributed by atoms with Crippen LogP contribution in [0.3, 0.4) is 0 Å². The fourth-order valence-electron chi connectivity index (χ4n) is 1.76. The zero-order valence-electron chi connectivity index (χ0n) is 10.7. The molecular formula is C14H10BrN3OS2. The summed E-state index contributed by atoms with van der Waals surface area (Å²) >= 11 is 6.20. The molecule has 3 aromatic rings. The number of thiophene rings is 1. The van der Waals surface area contributed by atoms with Gasteiger partial charge in [-0.25, -0.2) is 4.98 Å². The van der Waals surface area contributed by atoms with Crippen molar-refractivity contribution < 1.29 is 4.79 Å². The van der Waals surface area contributed by atoms with Gasteiger partial charge in [-0.3, -0.25) is 10.1 Å². The molecule has 0 atom stereocenters. The van der Waals surface area contributed by atoms with Crippen LogP contribution in [0, 0.1) is 0 Å². The number of amides is 1. The number of carbonyl (C=O) groups is 1. The lowest BCUT2D eigenvalue weighted by Crippen LogP contribution is -2.10. The van der Waals surface area contributed by atoms with Crippen LogP contribution >= 0.6 is 38.6 Å². The summed E-state index contributed by atoms with van der Waals surface area (Å²) in [6.07, 6.45) is 0. The Hall–Kier alpha value is -1.70. The number of anilines is 2. The predicted molar refractivity (Wildman–Crippen MR) is 91.9 cm³/mol. The molecule has 7 heteroatoms. The lowest BCUT2D eigenvalue weighted by atomic mass is 10.1. The van der Waals surface area contributed by atoms with Crippen molar-refractivity contribution in [2.75, 3.05) is 11.1 Å². The van der Waals surface area contributed by atoms with E-state index in [0.29, 0.717) is 16.4 Å². The first kappa shape index (κ1) is 14.2. The SMILES string of the molecule is Nc1cccc(-c2csc(NC(=O)c3csc(Br)c3)n2)c1. The van der Waals surface area contributed by atoms with Crippen molar-refractivity contribution in [2.24, 2.45) is 0 Å². The van der Waals surface area contributed by atoms with Gasteiger partial charge >= 0.3 is 0 Å². The highest BCUT2D eigenvalue weighted by molar-refractivity contribution is 9.11. The molecule has 106 valence electrons. The minimum absolute atomic E-state index is 0.162. The third kappa shape index (κ3) is 3.31. The predicted octanol–water partition coefficient (Wildman–Crippen LogP) is 4.47. The van der Waals surface area contributed by atoms with Crippen LogP contribution in [0.25, 0.3) is 11.3 Å². The number of nitrogens with one attached hydrogen (secondary N) is 1. The number of nitrogens with two attached hydrogens (primary N) is 1. The van der Waals surface area contributed by atoms with Gasteiger partial charge < -0.3 is 5.73 Å². The minimum Gasteiger partial charge on any atom is -0.399 e. The zero-order chi connectivity index (χ0) is 14.8. The first-order valence-corrected chi connectivity index (χ1v) is 8.54. The molecule has 4 nitrogen and oxygen atoms in total. The van der Waals surface area contributed by atoms with E-state index in [1.807, 2.05) is 29.6 Å². The lowest BCUT2D eigenvalue weighted by molar-refractivity contribution is 0.102. The fourth-order valence-corrected chi connectivity index (χ4v) is 3.61. The Labute approximate surface area is 137 Å². The number of hydrogen-bond donors (Lipinski definition) is 2. The number of nitrogen functional groups attached to an aromatic ring is 1. The van der Waals surface area contributed by atoms with Crippen LogP contribution in [0.5, 0.6) is 0 Å². The number of thiazole rings is 1. The van der Waals surface area contributed by atoms with E-state index < -0.39 is 0 Å². The van der Waals surface area contributed by atoms with Gasteiger partial charge in [0, 0.05) is 22.0 Å². The maximum Gasteiger partial charge on any atom is 0.258 e. The average molecular weight is 380 g/mol. The van der Waals surface area contributed by atoms with E-state index in [-0.39, 0.29) is 5.91 Å². The standard InChI is InChI=1S/C14H10BrN3OS2/c15-12-5-9(6-20-12)13(19)18-14-17-11(7-21-14)8-2-1-3-10(16)4-8/h1-7H,16H2,(H,17,18,19). The van der Waals surface area contributed by atoms with Crippen molar-refractivity contribution in [3.8, 4) is 11.3 Å². The Bertz CT molecular complexity index is 797. The summed E-state index contributed by atoms with van der Waals surface area (Å²) in [6.45, 7) is 0. The molecule has 3 N–H and O–H groups in total. The first-order valence-electron chi connectivity index (χ1n) is 5.98. The Morgan fingerprint density at radius 2 is 2.10 bits per heavy atom. The quantitative estimate of drug-likeness (QED) is 0.659. The largest absolute Gasteiger partial charge is 0.399 e. The summed E-state index contributed by atoms with van der Waals surface area (Å²) < 4.78 is 0.923. The molecule has 0 aliphatic rings. The van der Waals surface area contributed by atoms with Crippen LogP contribution in [0.15, 0.2) is 44.9 Å². The van der Waals surface area contributed by atoms with Crippen LogP contribution in [0.2, 0.25) is 0 Å². The number of benzene rings is 1. The smallest absolute Gasteiger partial charge is 0.258 e. The van der Waals surface area contributed by atoms with Crippen molar-refractivity contribution in [3.05, 3.63) is 50.4 Å². The molecule has 2 heterocycles. The molecule has 0 saturated carbocycles. The molecule has 0 fully saturated rings. The van der Waals surface area contributed by atoms with E-state index in [9.17, 15) is 4.79 Å². The molecule has 1 aromatic carbocycles. The lowest BCUT2D eigenvalue weighted by Gasteiger charge is -1.99. The number of aromatic nitrogens is 1. The molecule has 0 saturated heterocycles. The normalized spacial score (nSPS) is 10.5. The second kappa shape index (κ2) is 5.97. The number of hydrogen-bond acceptors (Lipinski definition) is 5. The molecular weight excluding hydrogens is 370 g/mol. The van der Waals surface area contributed by atoms with Crippen LogP contribution in [-0.4, -0.2) is 10.9 Å². The molecule has 0 radical (unpaired) electrons. The van der Waals surface area contributed by atoms with E-state index in [2.05, 4.69) is 26.2 Å². The maximum atomic E-state index is 12.0. The third-order valence-corrected chi connectivity index (χ3v) is 5.00. The van der Waals surface area contributed by atoms with Crippen molar-refractivity contribution in [2.45, 2.75) is 0 Å². The molecule has 0 aliphatic heterocycles. The Morgan fingerprint density at radius 3 is 2.81 bits per heavy atom. The molecule has 0 spiro atoms. The summed E-state index contributed by atoms with van der Waals surface area (Å²) in [6, 6.07) is 9.29. The van der Waals surface area contributed by atoms with Crippen molar-refractivity contribution in [3.63, 3.8) is 0 Å². The van der Waals surface area contributed by atoms with E-state index in [1.165, 1.54) is 22.7 Å². The van der Waals surface area contributed by atoms with E-state index in [4.69, 9.17) is 5.73 Å². The number of halogens is 1. The van der Waals surface area contributed by atoms with E-state index >= 15 is 0 Å². The molecule has 0 aliphatic carbocycles. The van der Waals surface area contributed by atoms with Crippen molar-refractivity contribution in [1.82, 2.24) is 4.98 Å². The molecule has 3 rings (SSSR count). The van der Waals surface area contributed by atoms with Gasteiger partial charge in [0.15, 0.2) is 5.13 Å². The van der Waals surface area contributed by atoms with Gasteiger partial charge in [0.2, 0.25) is 0 Å². The third-order valence-electron chi connectivity index (χ3n) is 2.74. The average Bonchev–Trinajstić information content (AvgIpc) is 3.08. The second-order valence-corrected chi connectivity index (χ2v) is 7.41. The highest BCUT2D eigenvalue weighted by atomic mass is 79.9. The highest BCUT2D eigenvalue weighted by Gasteiger charge is 2.11. The molecule has 2 aromatic heterocycles. The topological polar surface area (TPSA) is 68.0 Å². The number of rotatable bonds is 3. The van der Waals surface area contributed by atoms with Crippen LogP contribution in [0.4, 0.5) is 10.8 Å². The molecule has 0 unspecified atom stereocenters. The van der Waals surface area contributed by atoms with Gasteiger partial charge in [-0.2, -0.15) is 0 Å². The minimum atomic E-state index is -0.162. The van der Waals surface area contributed by atoms with Crippen LogP contribution in [0.1, 0.15) is 10.4 Å². The summed E-state index contributed by atoms with van der Waals surface area (Å²) in [7, 11) is 0. The van der Waals surface area contributed by atoms with E-state index in [0.717, 1.165) is 15.0 Å². The summed E-state index contributed by atoms with van der Waals surface area (Å²) in [5.41, 5.74) is 8.81. The molecule has 1 amide bonds. The number of nitrogens with zero attached hydrogens (tertiary/aromatic N) is 1. The van der Waals surface area contributed by atoms with E-state index in [1.54, 1.807) is 11.4 Å². The van der Waals surface area contributed by atoms with Crippen LogP contribution in [-0.2, 0) is 0 Å². The Kier molecular flexibility index (Phi) is 4.05.